The molecule has 0 saturated heterocycles. The van der Waals surface area contributed by atoms with Gasteiger partial charge in [0.2, 0.25) is 0 Å². The first-order valence-corrected chi connectivity index (χ1v) is 2.72. The number of carbonyl (C=O) groups excluding carboxylic acids is 2. The molecule has 0 aromatic rings. The Kier molecular flexibility index (Phi) is 9.17. The van der Waals surface area contributed by atoms with Crippen molar-refractivity contribution in [2.75, 3.05) is 0 Å². The molecular weight excluding hydrogens is 144 g/mol. The van der Waals surface area contributed by atoms with Crippen molar-refractivity contribution in [2.24, 2.45) is 0 Å². The molecule has 0 bridgehead atoms. The van der Waals surface area contributed by atoms with E-state index in [0.29, 0.717) is 6.42 Å². The van der Waals surface area contributed by atoms with Crippen molar-refractivity contribution < 1.29 is 9.59 Å². The van der Waals surface area contributed by atoms with Gasteiger partial charge in [0.25, 0.3) is 0 Å². The van der Waals surface area contributed by atoms with Gasteiger partial charge in [-0.05, 0) is 6.42 Å². The molecule has 0 aliphatic rings. The molecule has 0 fully saturated rings. The van der Waals surface area contributed by atoms with Crippen molar-refractivity contribution in [1.82, 2.24) is 0 Å². The standard InChI is InChI=1S/C6H10O2.Ca.2H/c1-3-4-6(8)5(2)7;;;/h3-4H2,1-2H3;;;. The van der Waals surface area contributed by atoms with Gasteiger partial charge in [-0.2, -0.15) is 0 Å². The van der Waals surface area contributed by atoms with Crippen LogP contribution >= 0.6 is 0 Å². The summed E-state index contributed by atoms with van der Waals surface area (Å²) >= 11 is 0. The Hall–Kier alpha value is 0.600. The molecule has 0 amide bonds. The molecule has 0 aromatic heterocycles. The molecule has 3 heteroatoms. The SMILES string of the molecule is CCCC(=O)C(C)=O.[CaH2]. The van der Waals surface area contributed by atoms with Crippen LogP contribution in [0.25, 0.3) is 0 Å². The minimum absolute atomic E-state index is 0. The third-order valence-electron chi connectivity index (χ3n) is 0.870. The Morgan fingerprint density at radius 1 is 1.33 bits per heavy atom. The first-order valence-electron chi connectivity index (χ1n) is 2.72. The van der Waals surface area contributed by atoms with Gasteiger partial charge < -0.3 is 0 Å². The Morgan fingerprint density at radius 3 is 1.89 bits per heavy atom. The van der Waals surface area contributed by atoms with Crippen molar-refractivity contribution in [3.05, 3.63) is 0 Å². The summed E-state index contributed by atoms with van der Waals surface area (Å²) in [5, 5.41) is 0. The second kappa shape index (κ2) is 6.72. The summed E-state index contributed by atoms with van der Waals surface area (Å²) in [6.07, 6.45) is 1.16. The van der Waals surface area contributed by atoms with Crippen LogP contribution < -0.4 is 0 Å². The normalized spacial score (nSPS) is 7.78. The summed E-state index contributed by atoms with van der Waals surface area (Å²) in [4.78, 5) is 20.6. The molecule has 0 aliphatic heterocycles. The maximum atomic E-state index is 10.4. The van der Waals surface area contributed by atoms with E-state index in [-0.39, 0.29) is 49.3 Å². The average Bonchev–Trinajstić information content (AvgIpc) is 1.67. The fraction of sp³-hybridized carbons (Fsp3) is 0.667. The molecule has 0 radical (unpaired) electrons. The second-order valence-electron chi connectivity index (χ2n) is 1.73. The molecule has 0 N–H and O–H groups in total. The Morgan fingerprint density at radius 2 is 1.78 bits per heavy atom. The van der Waals surface area contributed by atoms with E-state index in [0.717, 1.165) is 6.42 Å². The van der Waals surface area contributed by atoms with Gasteiger partial charge in [0.05, 0.1) is 0 Å². The van der Waals surface area contributed by atoms with E-state index in [2.05, 4.69) is 0 Å². The zero-order chi connectivity index (χ0) is 6.57. The number of carbonyl (C=O) groups is 2. The number of hydrogen-bond acceptors (Lipinski definition) is 2. The molecule has 0 aromatic carbocycles. The van der Waals surface area contributed by atoms with Gasteiger partial charge in [-0.3, -0.25) is 9.59 Å². The van der Waals surface area contributed by atoms with Crippen molar-refractivity contribution in [3.63, 3.8) is 0 Å². The van der Waals surface area contributed by atoms with Gasteiger partial charge >= 0.3 is 37.7 Å². The van der Waals surface area contributed by atoms with Gasteiger partial charge in [-0.25, -0.2) is 0 Å². The molecular formula is C6H12CaO2. The van der Waals surface area contributed by atoms with Crippen molar-refractivity contribution in [1.29, 1.82) is 0 Å². The number of hydrogen-bond donors (Lipinski definition) is 0. The minimum atomic E-state index is -0.327. The van der Waals surface area contributed by atoms with E-state index in [1.165, 1.54) is 6.92 Å². The summed E-state index contributed by atoms with van der Waals surface area (Å²) in [7, 11) is 0. The number of Topliss-reactive ketones (excluding diaryl/α,β-unsaturated/α-hetero) is 2. The summed E-state index contributed by atoms with van der Waals surface area (Å²) < 4.78 is 0. The third kappa shape index (κ3) is 6.49. The summed E-state index contributed by atoms with van der Waals surface area (Å²) in [5.41, 5.74) is 0. The zero-order valence-electron chi connectivity index (χ0n) is 5.23. The van der Waals surface area contributed by atoms with Gasteiger partial charge in [0.1, 0.15) is 0 Å². The Bertz CT molecular complexity index is 110. The van der Waals surface area contributed by atoms with E-state index in [4.69, 9.17) is 0 Å². The van der Waals surface area contributed by atoms with Crippen LogP contribution in [0.5, 0.6) is 0 Å². The molecule has 0 heterocycles. The van der Waals surface area contributed by atoms with E-state index in [9.17, 15) is 9.59 Å². The first kappa shape index (κ1) is 12.3. The molecule has 0 saturated carbocycles. The van der Waals surface area contributed by atoms with Crippen molar-refractivity contribution in [2.45, 2.75) is 26.7 Å². The predicted molar refractivity (Wildman–Crippen MR) is 39.1 cm³/mol. The third-order valence-corrected chi connectivity index (χ3v) is 0.870. The van der Waals surface area contributed by atoms with E-state index in [1.807, 2.05) is 6.92 Å². The average molecular weight is 156 g/mol. The van der Waals surface area contributed by atoms with Crippen molar-refractivity contribution in [3.8, 4) is 0 Å². The second-order valence-corrected chi connectivity index (χ2v) is 1.73. The predicted octanol–water partition coefficient (Wildman–Crippen LogP) is 0.0284. The maximum absolute atomic E-state index is 10.4. The monoisotopic (exact) mass is 156 g/mol. The topological polar surface area (TPSA) is 34.1 Å². The van der Waals surface area contributed by atoms with Gasteiger partial charge in [0.15, 0.2) is 11.6 Å². The molecule has 0 aliphatic carbocycles. The molecule has 0 rings (SSSR count). The molecule has 9 heavy (non-hydrogen) atoms. The van der Waals surface area contributed by atoms with Crippen LogP contribution in [-0.4, -0.2) is 49.3 Å². The van der Waals surface area contributed by atoms with Gasteiger partial charge in [0, 0.05) is 13.3 Å². The fourth-order valence-corrected chi connectivity index (χ4v) is 0.403. The summed E-state index contributed by atoms with van der Waals surface area (Å²) in [5.74, 6) is -0.584. The van der Waals surface area contributed by atoms with E-state index in [1.54, 1.807) is 0 Å². The molecule has 0 atom stereocenters. The molecule has 0 spiro atoms. The summed E-state index contributed by atoms with van der Waals surface area (Å²) in [6, 6.07) is 0. The molecule has 50 valence electrons. The molecule has 2 nitrogen and oxygen atoms in total. The van der Waals surface area contributed by atoms with Crippen molar-refractivity contribution >= 4 is 49.3 Å². The van der Waals surface area contributed by atoms with Crippen LogP contribution in [-0.2, 0) is 9.59 Å². The molecule has 0 unspecified atom stereocenters. The van der Waals surface area contributed by atoms with Gasteiger partial charge in [-0.15, -0.1) is 0 Å². The van der Waals surface area contributed by atoms with E-state index < -0.39 is 0 Å². The number of rotatable bonds is 3. The van der Waals surface area contributed by atoms with Crippen LogP contribution in [0, 0.1) is 0 Å². The Balaban J connectivity index is 0. The summed E-state index contributed by atoms with van der Waals surface area (Å²) in [6.45, 7) is 3.18. The van der Waals surface area contributed by atoms with Crippen LogP contribution in [0.2, 0.25) is 0 Å². The van der Waals surface area contributed by atoms with Crippen LogP contribution in [0.3, 0.4) is 0 Å². The quantitative estimate of drug-likeness (QED) is 0.427. The van der Waals surface area contributed by atoms with Gasteiger partial charge in [-0.1, -0.05) is 6.92 Å². The van der Waals surface area contributed by atoms with Crippen LogP contribution in [0.1, 0.15) is 26.7 Å². The Labute approximate surface area is 85.0 Å². The number of ketones is 2. The zero-order valence-corrected chi connectivity index (χ0v) is 5.23. The van der Waals surface area contributed by atoms with E-state index >= 15 is 0 Å². The van der Waals surface area contributed by atoms with Crippen LogP contribution in [0.4, 0.5) is 0 Å². The first-order chi connectivity index (χ1) is 3.68. The van der Waals surface area contributed by atoms with Crippen LogP contribution in [0.15, 0.2) is 0 Å². The fourth-order valence-electron chi connectivity index (χ4n) is 0.403.